The van der Waals surface area contributed by atoms with Crippen molar-refractivity contribution in [2.45, 2.75) is 6.04 Å². The van der Waals surface area contributed by atoms with Gasteiger partial charge in [-0.05, 0) is 28.1 Å². The fraction of sp³-hybridized carbons (Fsp3) is 0.250. The molecule has 0 unspecified atom stereocenters. The van der Waals surface area contributed by atoms with Crippen molar-refractivity contribution in [3.8, 4) is 11.5 Å². The number of rotatable bonds is 0. The summed E-state index contributed by atoms with van der Waals surface area (Å²) in [6, 6.07) is 3.32. The van der Waals surface area contributed by atoms with E-state index in [1.807, 2.05) is 0 Å². The van der Waals surface area contributed by atoms with Crippen LogP contribution in [0.3, 0.4) is 0 Å². The van der Waals surface area contributed by atoms with Crippen LogP contribution in [0.15, 0.2) is 16.6 Å². The van der Waals surface area contributed by atoms with Gasteiger partial charge in [-0.1, -0.05) is 0 Å². The molecule has 0 aliphatic carbocycles. The second-order valence-electron chi connectivity index (χ2n) is 2.73. The van der Waals surface area contributed by atoms with Gasteiger partial charge < -0.3 is 15.6 Å². The lowest BCUT2D eigenvalue weighted by atomic mass is 10.1. The molecule has 1 aromatic rings. The Labute approximate surface area is 78.3 Å². The summed E-state index contributed by atoms with van der Waals surface area (Å²) >= 11 is 3.23. The van der Waals surface area contributed by atoms with Crippen molar-refractivity contribution in [3.63, 3.8) is 0 Å². The molecule has 1 aliphatic rings. The third kappa shape index (κ3) is 0.990. The second kappa shape index (κ2) is 2.64. The molecule has 1 atom stereocenters. The molecule has 3 nitrogen and oxygen atoms in total. The van der Waals surface area contributed by atoms with Crippen molar-refractivity contribution in [3.05, 3.63) is 22.2 Å². The van der Waals surface area contributed by atoms with Crippen LogP contribution in [0.2, 0.25) is 0 Å². The van der Waals surface area contributed by atoms with Gasteiger partial charge in [-0.3, -0.25) is 0 Å². The summed E-state index contributed by atoms with van der Waals surface area (Å²) in [5.41, 5.74) is 6.68. The van der Waals surface area contributed by atoms with Gasteiger partial charge in [0.1, 0.15) is 22.6 Å². The minimum atomic E-state index is -0.0723. The van der Waals surface area contributed by atoms with Gasteiger partial charge in [0.15, 0.2) is 0 Å². The Morgan fingerprint density at radius 1 is 1.58 bits per heavy atom. The topological polar surface area (TPSA) is 55.5 Å². The Morgan fingerprint density at radius 3 is 3.08 bits per heavy atom. The zero-order valence-corrected chi connectivity index (χ0v) is 7.84. The zero-order chi connectivity index (χ0) is 8.72. The number of hydrogen-bond acceptors (Lipinski definition) is 3. The fourth-order valence-corrected chi connectivity index (χ4v) is 1.74. The van der Waals surface area contributed by atoms with Gasteiger partial charge >= 0.3 is 0 Å². The molecule has 0 radical (unpaired) electrons. The molecule has 0 aromatic heterocycles. The highest BCUT2D eigenvalue weighted by Gasteiger charge is 2.24. The Hall–Kier alpha value is -0.740. The van der Waals surface area contributed by atoms with Crippen molar-refractivity contribution in [1.82, 2.24) is 0 Å². The van der Waals surface area contributed by atoms with E-state index in [1.165, 1.54) is 0 Å². The van der Waals surface area contributed by atoms with E-state index in [4.69, 9.17) is 10.5 Å². The summed E-state index contributed by atoms with van der Waals surface area (Å²) in [6.07, 6.45) is 0. The average molecular weight is 230 g/mol. The van der Waals surface area contributed by atoms with E-state index >= 15 is 0 Å². The van der Waals surface area contributed by atoms with E-state index in [9.17, 15) is 5.11 Å². The minimum absolute atomic E-state index is 0.0723. The predicted octanol–water partition coefficient (Wildman–Crippen LogP) is 1.55. The van der Waals surface area contributed by atoms with Gasteiger partial charge in [0.25, 0.3) is 0 Å². The molecule has 1 aliphatic heterocycles. The first kappa shape index (κ1) is 7.89. The Balaban J connectivity index is 2.60. The first-order chi connectivity index (χ1) is 5.70. The van der Waals surface area contributed by atoms with Crippen LogP contribution in [0.5, 0.6) is 11.5 Å². The molecule has 1 heterocycles. The smallest absolute Gasteiger partial charge is 0.142 e. The molecular weight excluding hydrogens is 222 g/mol. The van der Waals surface area contributed by atoms with Crippen LogP contribution >= 0.6 is 15.9 Å². The first-order valence-electron chi connectivity index (χ1n) is 3.60. The number of ether oxygens (including phenoxy) is 1. The van der Waals surface area contributed by atoms with E-state index in [-0.39, 0.29) is 11.8 Å². The molecule has 1 aromatic carbocycles. The van der Waals surface area contributed by atoms with Crippen molar-refractivity contribution in [1.29, 1.82) is 0 Å². The van der Waals surface area contributed by atoms with Crippen molar-refractivity contribution in [2.24, 2.45) is 5.73 Å². The van der Waals surface area contributed by atoms with Gasteiger partial charge in [-0.25, -0.2) is 0 Å². The number of phenolic OH excluding ortho intramolecular Hbond substituents is 1. The lowest BCUT2D eigenvalue weighted by molar-refractivity contribution is 0.330. The maximum Gasteiger partial charge on any atom is 0.142 e. The number of nitrogens with two attached hydrogens (primary N) is 1. The lowest BCUT2D eigenvalue weighted by Crippen LogP contribution is -2.10. The number of fused-ring (bicyclic) bond motifs is 1. The molecule has 3 N–H and O–H groups in total. The number of phenols is 1. The third-order valence-corrected chi connectivity index (χ3v) is 2.68. The monoisotopic (exact) mass is 229 g/mol. The summed E-state index contributed by atoms with van der Waals surface area (Å²) < 4.78 is 5.88. The molecule has 4 heteroatoms. The van der Waals surface area contributed by atoms with Gasteiger partial charge in [-0.2, -0.15) is 0 Å². The summed E-state index contributed by atoms with van der Waals surface area (Å²) in [5.74, 6) is 0.852. The Morgan fingerprint density at radius 2 is 2.33 bits per heavy atom. The Bertz CT molecular complexity index is 327. The van der Waals surface area contributed by atoms with Crippen LogP contribution in [0.1, 0.15) is 11.6 Å². The van der Waals surface area contributed by atoms with E-state index < -0.39 is 0 Å². The quantitative estimate of drug-likeness (QED) is 0.710. The standard InChI is InChI=1S/C8H8BrNO2/c9-7-6(11)2-1-4-5(10)3-12-8(4)7/h1-2,5,11H,3,10H2/t5-/m1/s1. The maximum atomic E-state index is 9.30. The number of halogens is 1. The van der Waals surface area contributed by atoms with Crippen LogP contribution in [-0.4, -0.2) is 11.7 Å². The highest BCUT2D eigenvalue weighted by Crippen LogP contribution is 2.42. The normalized spacial score (nSPS) is 20.3. The van der Waals surface area contributed by atoms with Crippen LogP contribution in [0, 0.1) is 0 Å². The molecule has 0 spiro atoms. The molecule has 0 saturated carbocycles. The van der Waals surface area contributed by atoms with Crippen molar-refractivity contribution in [2.75, 3.05) is 6.61 Å². The predicted molar refractivity (Wildman–Crippen MR) is 48.2 cm³/mol. The highest BCUT2D eigenvalue weighted by molar-refractivity contribution is 9.10. The number of aromatic hydroxyl groups is 1. The number of hydrogen-bond donors (Lipinski definition) is 2. The van der Waals surface area contributed by atoms with Crippen molar-refractivity contribution < 1.29 is 9.84 Å². The van der Waals surface area contributed by atoms with Crippen molar-refractivity contribution >= 4 is 15.9 Å². The molecule has 0 saturated heterocycles. The molecule has 0 fully saturated rings. The summed E-state index contributed by atoms with van der Waals surface area (Å²) in [5, 5.41) is 9.30. The third-order valence-electron chi connectivity index (χ3n) is 1.91. The second-order valence-corrected chi connectivity index (χ2v) is 3.53. The summed E-state index contributed by atoms with van der Waals surface area (Å²) in [4.78, 5) is 0. The average Bonchev–Trinajstić information content (AvgIpc) is 2.41. The summed E-state index contributed by atoms with van der Waals surface area (Å²) in [6.45, 7) is 0.484. The van der Waals surface area contributed by atoms with Crippen LogP contribution in [-0.2, 0) is 0 Å². The van der Waals surface area contributed by atoms with E-state index in [0.717, 1.165) is 5.56 Å². The largest absolute Gasteiger partial charge is 0.507 e. The van der Waals surface area contributed by atoms with E-state index in [0.29, 0.717) is 16.8 Å². The van der Waals surface area contributed by atoms with E-state index in [1.54, 1.807) is 12.1 Å². The lowest BCUT2D eigenvalue weighted by Gasteiger charge is -2.03. The molecule has 0 amide bonds. The van der Waals surface area contributed by atoms with Crippen LogP contribution in [0.25, 0.3) is 0 Å². The maximum absolute atomic E-state index is 9.30. The summed E-state index contributed by atoms with van der Waals surface area (Å²) in [7, 11) is 0. The van der Waals surface area contributed by atoms with Gasteiger partial charge in [0, 0.05) is 5.56 Å². The molecule has 0 bridgehead atoms. The number of benzene rings is 1. The van der Waals surface area contributed by atoms with E-state index in [2.05, 4.69) is 15.9 Å². The molecule has 12 heavy (non-hydrogen) atoms. The van der Waals surface area contributed by atoms with Crippen LogP contribution < -0.4 is 10.5 Å². The molecular formula is C8H8BrNO2. The minimum Gasteiger partial charge on any atom is -0.507 e. The first-order valence-corrected chi connectivity index (χ1v) is 4.39. The molecule has 64 valence electrons. The van der Waals surface area contributed by atoms with Gasteiger partial charge in [-0.15, -0.1) is 0 Å². The van der Waals surface area contributed by atoms with Gasteiger partial charge in [0.05, 0.1) is 6.04 Å². The van der Waals surface area contributed by atoms with Gasteiger partial charge in [0.2, 0.25) is 0 Å². The zero-order valence-electron chi connectivity index (χ0n) is 6.25. The fourth-order valence-electron chi connectivity index (χ4n) is 1.26. The SMILES string of the molecule is N[C@@H]1COc2c1ccc(O)c2Br. The van der Waals surface area contributed by atoms with Crippen LogP contribution in [0.4, 0.5) is 0 Å². The highest BCUT2D eigenvalue weighted by atomic mass is 79.9. The Kier molecular flexibility index (Phi) is 1.73. The molecule has 2 rings (SSSR count).